The van der Waals surface area contributed by atoms with E-state index in [0.717, 1.165) is 12.8 Å². The number of nitrogens with zero attached hydrogens (tertiary/aromatic N) is 2. The molecule has 0 bridgehead atoms. The van der Waals surface area contributed by atoms with E-state index in [-0.39, 0.29) is 23.8 Å². The Kier molecular flexibility index (Phi) is 5.33. The maximum absolute atomic E-state index is 12.2. The summed E-state index contributed by atoms with van der Waals surface area (Å²) in [6, 6.07) is 3.67. The van der Waals surface area contributed by atoms with Crippen LogP contribution in [0.5, 0.6) is 0 Å². The first-order valence-electron chi connectivity index (χ1n) is 7.19. The van der Waals surface area contributed by atoms with E-state index in [1.165, 1.54) is 0 Å². The van der Waals surface area contributed by atoms with Gasteiger partial charge < -0.3 is 10.2 Å². The van der Waals surface area contributed by atoms with Crippen molar-refractivity contribution in [3.05, 3.63) is 28.5 Å². The Morgan fingerprint density at radius 3 is 2.62 bits per heavy atom. The van der Waals surface area contributed by atoms with Crippen molar-refractivity contribution in [2.75, 3.05) is 13.1 Å². The van der Waals surface area contributed by atoms with E-state index in [0.29, 0.717) is 23.3 Å². The SMILES string of the molecule is CC(C)C(=O)N1CCC(NC(=O)c2ncccc2Br)CC1. The molecule has 5 nitrogen and oxygen atoms in total. The average Bonchev–Trinajstić information content (AvgIpc) is 2.47. The lowest BCUT2D eigenvalue weighted by Crippen LogP contribution is -2.47. The maximum Gasteiger partial charge on any atom is 0.271 e. The Balaban J connectivity index is 1.88. The molecule has 21 heavy (non-hydrogen) atoms. The van der Waals surface area contributed by atoms with Gasteiger partial charge in [0.15, 0.2) is 0 Å². The van der Waals surface area contributed by atoms with Crippen LogP contribution in [-0.4, -0.2) is 40.8 Å². The lowest BCUT2D eigenvalue weighted by molar-refractivity contribution is -0.135. The fourth-order valence-electron chi connectivity index (χ4n) is 2.42. The summed E-state index contributed by atoms with van der Waals surface area (Å²) in [7, 11) is 0. The van der Waals surface area contributed by atoms with Crippen LogP contribution in [0.2, 0.25) is 0 Å². The van der Waals surface area contributed by atoms with Gasteiger partial charge in [0.1, 0.15) is 5.69 Å². The zero-order valence-electron chi connectivity index (χ0n) is 12.3. The molecule has 1 aliphatic rings. The van der Waals surface area contributed by atoms with Gasteiger partial charge >= 0.3 is 0 Å². The molecule has 0 spiro atoms. The minimum absolute atomic E-state index is 0.0283. The second-order valence-corrected chi connectivity index (χ2v) is 6.42. The van der Waals surface area contributed by atoms with Gasteiger partial charge in [-0.1, -0.05) is 13.8 Å². The highest BCUT2D eigenvalue weighted by Gasteiger charge is 2.25. The van der Waals surface area contributed by atoms with Crippen molar-refractivity contribution in [2.24, 2.45) is 5.92 Å². The van der Waals surface area contributed by atoms with Crippen molar-refractivity contribution in [1.29, 1.82) is 0 Å². The summed E-state index contributed by atoms with van der Waals surface area (Å²) in [6.07, 6.45) is 3.17. The summed E-state index contributed by atoms with van der Waals surface area (Å²) in [4.78, 5) is 30.1. The first kappa shape index (κ1) is 15.9. The van der Waals surface area contributed by atoms with Crippen molar-refractivity contribution >= 4 is 27.7 Å². The summed E-state index contributed by atoms with van der Waals surface area (Å²) in [5.41, 5.74) is 0.401. The third kappa shape index (κ3) is 4.03. The number of likely N-dealkylation sites (tertiary alicyclic amines) is 1. The molecular weight excluding hydrogens is 334 g/mol. The smallest absolute Gasteiger partial charge is 0.271 e. The molecule has 2 amide bonds. The molecule has 0 saturated carbocycles. The minimum atomic E-state index is -0.170. The zero-order valence-corrected chi connectivity index (χ0v) is 13.9. The molecule has 0 aliphatic carbocycles. The molecule has 1 aromatic rings. The molecule has 0 radical (unpaired) electrons. The summed E-state index contributed by atoms with van der Waals surface area (Å²) >= 11 is 3.33. The third-order valence-electron chi connectivity index (χ3n) is 3.61. The Bertz CT molecular complexity index is 525. The molecule has 2 heterocycles. The number of rotatable bonds is 3. The first-order chi connectivity index (χ1) is 9.99. The van der Waals surface area contributed by atoms with E-state index < -0.39 is 0 Å². The van der Waals surface area contributed by atoms with Gasteiger partial charge in [0.05, 0.1) is 0 Å². The van der Waals surface area contributed by atoms with E-state index in [1.54, 1.807) is 18.3 Å². The Labute approximate surface area is 133 Å². The molecular formula is C15H20BrN3O2. The predicted molar refractivity (Wildman–Crippen MR) is 83.8 cm³/mol. The molecule has 2 rings (SSSR count). The van der Waals surface area contributed by atoms with Crippen molar-refractivity contribution < 1.29 is 9.59 Å². The van der Waals surface area contributed by atoms with E-state index in [2.05, 4.69) is 26.2 Å². The second kappa shape index (κ2) is 7.02. The molecule has 0 aromatic carbocycles. The van der Waals surface area contributed by atoms with E-state index in [1.807, 2.05) is 18.7 Å². The van der Waals surface area contributed by atoms with E-state index >= 15 is 0 Å². The van der Waals surface area contributed by atoms with Crippen molar-refractivity contribution in [2.45, 2.75) is 32.7 Å². The van der Waals surface area contributed by atoms with Gasteiger partial charge in [-0.2, -0.15) is 0 Å². The molecule has 1 saturated heterocycles. The van der Waals surface area contributed by atoms with Crippen LogP contribution in [0.25, 0.3) is 0 Å². The van der Waals surface area contributed by atoms with Gasteiger partial charge in [-0.3, -0.25) is 9.59 Å². The van der Waals surface area contributed by atoms with Crippen LogP contribution in [0.4, 0.5) is 0 Å². The lowest BCUT2D eigenvalue weighted by atomic mass is 10.0. The molecule has 1 fully saturated rings. The normalized spacial score (nSPS) is 16.1. The number of pyridine rings is 1. The molecule has 0 unspecified atom stereocenters. The molecule has 1 aromatic heterocycles. The van der Waals surface area contributed by atoms with Crippen molar-refractivity contribution in [1.82, 2.24) is 15.2 Å². The van der Waals surface area contributed by atoms with Crippen LogP contribution in [0, 0.1) is 5.92 Å². The van der Waals surface area contributed by atoms with Gasteiger partial charge in [-0.15, -0.1) is 0 Å². The Hall–Kier alpha value is -1.43. The minimum Gasteiger partial charge on any atom is -0.348 e. The fraction of sp³-hybridized carbons (Fsp3) is 0.533. The molecule has 1 N–H and O–H groups in total. The summed E-state index contributed by atoms with van der Waals surface area (Å²) in [6.45, 7) is 5.22. The quantitative estimate of drug-likeness (QED) is 0.906. The number of nitrogens with one attached hydrogen (secondary N) is 1. The number of hydrogen-bond donors (Lipinski definition) is 1. The fourth-order valence-corrected chi connectivity index (χ4v) is 2.85. The monoisotopic (exact) mass is 353 g/mol. The highest BCUT2D eigenvalue weighted by atomic mass is 79.9. The number of aromatic nitrogens is 1. The summed E-state index contributed by atoms with van der Waals surface area (Å²) in [5, 5.41) is 3.00. The Morgan fingerprint density at radius 2 is 2.05 bits per heavy atom. The summed E-state index contributed by atoms with van der Waals surface area (Å²) < 4.78 is 0.690. The average molecular weight is 354 g/mol. The molecule has 1 aliphatic heterocycles. The number of carbonyl (C=O) groups excluding carboxylic acids is 2. The molecule has 114 valence electrons. The van der Waals surface area contributed by atoms with Crippen molar-refractivity contribution in [3.63, 3.8) is 0 Å². The largest absolute Gasteiger partial charge is 0.348 e. The Morgan fingerprint density at radius 1 is 1.38 bits per heavy atom. The van der Waals surface area contributed by atoms with Gasteiger partial charge in [0.2, 0.25) is 5.91 Å². The highest BCUT2D eigenvalue weighted by molar-refractivity contribution is 9.10. The summed E-state index contributed by atoms with van der Waals surface area (Å²) in [5.74, 6) is 0.0453. The maximum atomic E-state index is 12.2. The van der Waals surface area contributed by atoms with Crippen LogP contribution in [0.3, 0.4) is 0 Å². The third-order valence-corrected chi connectivity index (χ3v) is 4.25. The van der Waals surface area contributed by atoms with Crippen LogP contribution in [0.15, 0.2) is 22.8 Å². The highest BCUT2D eigenvalue weighted by Crippen LogP contribution is 2.16. The van der Waals surface area contributed by atoms with Crippen LogP contribution in [-0.2, 0) is 4.79 Å². The van der Waals surface area contributed by atoms with Crippen LogP contribution >= 0.6 is 15.9 Å². The molecule has 6 heteroatoms. The topological polar surface area (TPSA) is 62.3 Å². The number of piperidine rings is 1. The van der Waals surface area contributed by atoms with Gasteiger partial charge in [0.25, 0.3) is 5.91 Å². The standard InChI is InChI=1S/C15H20BrN3O2/c1-10(2)15(21)19-8-5-11(6-9-19)18-14(20)13-12(16)4-3-7-17-13/h3-4,7,10-11H,5-6,8-9H2,1-2H3,(H,18,20). The number of hydrogen-bond acceptors (Lipinski definition) is 3. The second-order valence-electron chi connectivity index (χ2n) is 5.56. The molecule has 0 atom stereocenters. The van der Waals surface area contributed by atoms with Gasteiger partial charge in [-0.05, 0) is 40.9 Å². The van der Waals surface area contributed by atoms with Crippen LogP contribution < -0.4 is 5.32 Å². The number of carbonyl (C=O) groups is 2. The van der Waals surface area contributed by atoms with Crippen LogP contribution in [0.1, 0.15) is 37.2 Å². The zero-order chi connectivity index (χ0) is 15.4. The van der Waals surface area contributed by atoms with E-state index in [9.17, 15) is 9.59 Å². The predicted octanol–water partition coefficient (Wildman–Crippen LogP) is 2.22. The van der Waals surface area contributed by atoms with Gasteiger partial charge in [0, 0.05) is 35.7 Å². The number of halogens is 1. The lowest BCUT2D eigenvalue weighted by Gasteiger charge is -2.33. The number of amides is 2. The van der Waals surface area contributed by atoms with Crippen molar-refractivity contribution in [3.8, 4) is 0 Å². The van der Waals surface area contributed by atoms with Gasteiger partial charge in [-0.25, -0.2) is 4.98 Å². The first-order valence-corrected chi connectivity index (χ1v) is 7.98. The van der Waals surface area contributed by atoms with E-state index in [4.69, 9.17) is 0 Å².